The van der Waals surface area contributed by atoms with Crippen molar-refractivity contribution in [3.8, 4) is 0 Å². The van der Waals surface area contributed by atoms with Crippen LogP contribution < -0.4 is 0 Å². The number of hydrogen-bond donors (Lipinski definition) is 0. The minimum atomic E-state index is 0.878. The SMILES string of the molecule is C=C1CCC(=CC=O)CC1. The van der Waals surface area contributed by atoms with Crippen molar-refractivity contribution in [2.45, 2.75) is 25.7 Å². The van der Waals surface area contributed by atoms with E-state index < -0.39 is 0 Å². The summed E-state index contributed by atoms with van der Waals surface area (Å²) in [6.45, 7) is 3.89. The zero-order chi connectivity index (χ0) is 7.40. The Balaban J connectivity index is 2.47. The van der Waals surface area contributed by atoms with Gasteiger partial charge in [0.25, 0.3) is 0 Å². The van der Waals surface area contributed by atoms with Gasteiger partial charge in [0.2, 0.25) is 0 Å². The van der Waals surface area contributed by atoms with Gasteiger partial charge in [0.1, 0.15) is 6.29 Å². The van der Waals surface area contributed by atoms with E-state index in [0.717, 1.165) is 32.0 Å². The summed E-state index contributed by atoms with van der Waals surface area (Å²) < 4.78 is 0. The molecule has 0 aromatic carbocycles. The van der Waals surface area contributed by atoms with Crippen molar-refractivity contribution < 1.29 is 4.79 Å². The van der Waals surface area contributed by atoms with Gasteiger partial charge < -0.3 is 0 Å². The number of hydrogen-bond acceptors (Lipinski definition) is 1. The number of aldehydes is 1. The molecule has 1 nitrogen and oxygen atoms in total. The molecule has 0 aliphatic heterocycles. The van der Waals surface area contributed by atoms with Crippen molar-refractivity contribution in [1.29, 1.82) is 0 Å². The molecular weight excluding hydrogens is 124 g/mol. The molecule has 0 heterocycles. The van der Waals surface area contributed by atoms with Crippen LogP contribution in [0.15, 0.2) is 23.8 Å². The van der Waals surface area contributed by atoms with E-state index in [0.29, 0.717) is 0 Å². The molecular formula is C9H12O. The van der Waals surface area contributed by atoms with Crippen molar-refractivity contribution >= 4 is 6.29 Å². The molecule has 1 saturated carbocycles. The van der Waals surface area contributed by atoms with E-state index in [-0.39, 0.29) is 0 Å². The van der Waals surface area contributed by atoms with Crippen LogP contribution in [-0.2, 0) is 4.79 Å². The lowest BCUT2D eigenvalue weighted by Gasteiger charge is -2.14. The van der Waals surface area contributed by atoms with Crippen molar-refractivity contribution in [3.05, 3.63) is 23.8 Å². The van der Waals surface area contributed by atoms with E-state index in [1.165, 1.54) is 11.1 Å². The standard InChI is InChI=1S/C9H12O/c1-8-2-4-9(5-3-8)6-7-10/h6-7H,1-5H2. The van der Waals surface area contributed by atoms with Crippen molar-refractivity contribution in [3.63, 3.8) is 0 Å². The second-order valence-electron chi connectivity index (χ2n) is 2.71. The molecule has 10 heavy (non-hydrogen) atoms. The van der Waals surface area contributed by atoms with Gasteiger partial charge in [-0.15, -0.1) is 0 Å². The van der Waals surface area contributed by atoms with E-state index in [1.54, 1.807) is 6.08 Å². The van der Waals surface area contributed by atoms with Crippen LogP contribution >= 0.6 is 0 Å². The lowest BCUT2D eigenvalue weighted by atomic mass is 9.91. The zero-order valence-electron chi connectivity index (χ0n) is 6.10. The predicted octanol–water partition coefficient (Wildman–Crippen LogP) is 2.24. The Hall–Kier alpha value is -0.850. The highest BCUT2D eigenvalue weighted by molar-refractivity contribution is 5.66. The lowest BCUT2D eigenvalue weighted by molar-refractivity contribution is -0.104. The molecule has 1 heteroatoms. The summed E-state index contributed by atoms with van der Waals surface area (Å²) in [5.41, 5.74) is 2.60. The fourth-order valence-corrected chi connectivity index (χ4v) is 1.19. The fourth-order valence-electron chi connectivity index (χ4n) is 1.19. The average molecular weight is 136 g/mol. The summed E-state index contributed by atoms with van der Waals surface area (Å²) in [6, 6.07) is 0. The summed E-state index contributed by atoms with van der Waals surface area (Å²) >= 11 is 0. The maximum absolute atomic E-state index is 10.1. The van der Waals surface area contributed by atoms with Crippen LogP contribution in [0.25, 0.3) is 0 Å². The molecule has 1 aliphatic carbocycles. The molecule has 54 valence electrons. The number of carbonyl (C=O) groups is 1. The molecule has 0 amide bonds. The molecule has 1 aliphatic rings. The molecule has 1 fully saturated rings. The van der Waals surface area contributed by atoms with Crippen molar-refractivity contribution in [2.75, 3.05) is 0 Å². The minimum absolute atomic E-state index is 0.878. The van der Waals surface area contributed by atoms with E-state index in [1.807, 2.05) is 0 Å². The highest BCUT2D eigenvalue weighted by Crippen LogP contribution is 2.25. The monoisotopic (exact) mass is 136 g/mol. The number of allylic oxidation sites excluding steroid dienone is 3. The predicted molar refractivity (Wildman–Crippen MR) is 41.8 cm³/mol. The highest BCUT2D eigenvalue weighted by atomic mass is 16.1. The van der Waals surface area contributed by atoms with Crippen molar-refractivity contribution in [2.24, 2.45) is 0 Å². The zero-order valence-corrected chi connectivity index (χ0v) is 6.10. The molecule has 0 aromatic heterocycles. The van der Waals surface area contributed by atoms with Gasteiger partial charge in [0.05, 0.1) is 0 Å². The fraction of sp³-hybridized carbons (Fsp3) is 0.444. The summed E-state index contributed by atoms with van der Waals surface area (Å²) in [4.78, 5) is 10.1. The van der Waals surface area contributed by atoms with Crippen molar-refractivity contribution in [1.82, 2.24) is 0 Å². The molecule has 1 rings (SSSR count). The molecule has 0 aromatic rings. The van der Waals surface area contributed by atoms with Crippen LogP contribution in [0.3, 0.4) is 0 Å². The maximum Gasteiger partial charge on any atom is 0.142 e. The van der Waals surface area contributed by atoms with Gasteiger partial charge >= 0.3 is 0 Å². The second-order valence-corrected chi connectivity index (χ2v) is 2.71. The van der Waals surface area contributed by atoms with Crippen LogP contribution in [0, 0.1) is 0 Å². The van der Waals surface area contributed by atoms with Crippen LogP contribution in [-0.4, -0.2) is 6.29 Å². The molecule has 0 radical (unpaired) electrons. The normalized spacial score (nSPS) is 18.8. The number of rotatable bonds is 1. The summed E-state index contributed by atoms with van der Waals surface area (Å²) in [5, 5.41) is 0. The van der Waals surface area contributed by atoms with Crippen LogP contribution in [0.4, 0.5) is 0 Å². The van der Waals surface area contributed by atoms with E-state index >= 15 is 0 Å². The van der Waals surface area contributed by atoms with E-state index in [2.05, 4.69) is 6.58 Å². The molecule has 0 unspecified atom stereocenters. The molecule has 0 saturated heterocycles. The summed E-state index contributed by atoms with van der Waals surface area (Å²) in [5.74, 6) is 0. The Morgan fingerprint density at radius 3 is 2.30 bits per heavy atom. The quantitative estimate of drug-likeness (QED) is 0.307. The van der Waals surface area contributed by atoms with Crippen LogP contribution in [0.5, 0.6) is 0 Å². The first kappa shape index (κ1) is 7.26. The van der Waals surface area contributed by atoms with E-state index in [4.69, 9.17) is 0 Å². The Kier molecular flexibility index (Phi) is 2.43. The smallest absolute Gasteiger partial charge is 0.142 e. The summed E-state index contributed by atoms with van der Waals surface area (Å²) in [7, 11) is 0. The Bertz CT molecular complexity index is 165. The topological polar surface area (TPSA) is 17.1 Å². The second kappa shape index (κ2) is 3.35. The lowest BCUT2D eigenvalue weighted by Crippen LogP contribution is -1.96. The van der Waals surface area contributed by atoms with Gasteiger partial charge in [0.15, 0.2) is 0 Å². The van der Waals surface area contributed by atoms with Crippen LogP contribution in [0.1, 0.15) is 25.7 Å². The highest BCUT2D eigenvalue weighted by Gasteiger charge is 2.06. The van der Waals surface area contributed by atoms with Gasteiger partial charge in [-0.3, -0.25) is 4.79 Å². The number of carbonyl (C=O) groups excluding carboxylic acids is 1. The maximum atomic E-state index is 10.1. The Morgan fingerprint density at radius 2 is 1.80 bits per heavy atom. The Labute approximate surface area is 61.4 Å². The van der Waals surface area contributed by atoms with Gasteiger partial charge in [-0.1, -0.05) is 17.7 Å². The van der Waals surface area contributed by atoms with E-state index in [9.17, 15) is 4.79 Å². The first-order chi connectivity index (χ1) is 4.83. The Morgan fingerprint density at radius 1 is 1.20 bits per heavy atom. The third-order valence-corrected chi connectivity index (χ3v) is 1.90. The summed E-state index contributed by atoms with van der Waals surface area (Å²) in [6.07, 6.45) is 6.78. The molecule has 0 spiro atoms. The third kappa shape index (κ3) is 1.83. The molecule has 0 N–H and O–H groups in total. The van der Waals surface area contributed by atoms with Gasteiger partial charge in [-0.25, -0.2) is 0 Å². The van der Waals surface area contributed by atoms with Gasteiger partial charge in [-0.05, 0) is 31.8 Å². The van der Waals surface area contributed by atoms with Gasteiger partial charge in [0, 0.05) is 0 Å². The first-order valence-electron chi connectivity index (χ1n) is 3.63. The van der Waals surface area contributed by atoms with Gasteiger partial charge in [-0.2, -0.15) is 0 Å². The van der Waals surface area contributed by atoms with Crippen LogP contribution in [0.2, 0.25) is 0 Å². The minimum Gasteiger partial charge on any atom is -0.299 e. The largest absolute Gasteiger partial charge is 0.299 e. The third-order valence-electron chi connectivity index (χ3n) is 1.90. The molecule has 0 atom stereocenters. The average Bonchev–Trinajstić information content (AvgIpc) is 1.95. The first-order valence-corrected chi connectivity index (χ1v) is 3.63. The molecule has 0 bridgehead atoms.